The third kappa shape index (κ3) is 3.20. The summed E-state index contributed by atoms with van der Waals surface area (Å²) in [6.07, 6.45) is 4.63. The standard InChI is InChI=1S/C19H21ClN2O2S/c1-10-13(7-8-14(20)18(10)25-9-11-3-4-11)17(23)15-16(12-5-6-12)21-22(2)19(15)24/h7-8,11-12,21H,3-6,9H2,1-2H3. The van der Waals surface area contributed by atoms with Crippen LogP contribution in [0.2, 0.25) is 5.02 Å². The summed E-state index contributed by atoms with van der Waals surface area (Å²) in [7, 11) is 1.66. The second kappa shape index (κ2) is 6.36. The number of hydrogen-bond acceptors (Lipinski definition) is 3. The Morgan fingerprint density at radius 2 is 2.04 bits per heavy atom. The molecule has 0 bridgehead atoms. The van der Waals surface area contributed by atoms with Crippen LogP contribution in [0.4, 0.5) is 0 Å². The molecular formula is C19H21ClN2O2S. The van der Waals surface area contributed by atoms with Gasteiger partial charge in [-0.25, -0.2) is 0 Å². The van der Waals surface area contributed by atoms with Crippen molar-refractivity contribution in [1.82, 2.24) is 9.78 Å². The number of halogens is 1. The second-order valence-corrected chi connectivity index (χ2v) is 8.61. The number of nitrogens with zero attached hydrogens (tertiary/aromatic N) is 1. The minimum absolute atomic E-state index is 0.189. The quantitative estimate of drug-likeness (QED) is 0.604. The zero-order chi connectivity index (χ0) is 17.7. The van der Waals surface area contributed by atoms with Crippen LogP contribution in [0, 0.1) is 12.8 Å². The van der Waals surface area contributed by atoms with Gasteiger partial charge in [0.1, 0.15) is 5.56 Å². The Kier molecular flexibility index (Phi) is 4.32. The minimum Gasteiger partial charge on any atom is -0.299 e. The van der Waals surface area contributed by atoms with Gasteiger partial charge in [0.25, 0.3) is 5.56 Å². The van der Waals surface area contributed by atoms with Crippen LogP contribution >= 0.6 is 23.4 Å². The second-order valence-electron chi connectivity index (χ2n) is 7.17. The number of benzene rings is 1. The first-order valence-electron chi connectivity index (χ1n) is 8.73. The maximum absolute atomic E-state index is 13.2. The Morgan fingerprint density at radius 1 is 1.32 bits per heavy atom. The lowest BCUT2D eigenvalue weighted by atomic mass is 9.98. The van der Waals surface area contributed by atoms with Crippen LogP contribution in [0.25, 0.3) is 0 Å². The van der Waals surface area contributed by atoms with Crippen LogP contribution in [-0.2, 0) is 7.05 Å². The number of H-pyrrole nitrogens is 1. The number of thioether (sulfide) groups is 1. The highest BCUT2D eigenvalue weighted by molar-refractivity contribution is 7.99. The third-order valence-electron chi connectivity index (χ3n) is 5.05. The van der Waals surface area contributed by atoms with Crippen molar-refractivity contribution in [3.63, 3.8) is 0 Å². The molecule has 2 saturated carbocycles. The SMILES string of the molecule is Cc1c(C(=O)c2c(C3CC3)[nH]n(C)c2=O)ccc(Cl)c1SCC1CC1. The largest absolute Gasteiger partial charge is 0.299 e. The first-order chi connectivity index (χ1) is 12.0. The van der Waals surface area contributed by atoms with Crippen molar-refractivity contribution < 1.29 is 4.79 Å². The van der Waals surface area contributed by atoms with E-state index in [1.165, 1.54) is 17.5 Å². The summed E-state index contributed by atoms with van der Waals surface area (Å²) >= 11 is 8.11. The fourth-order valence-corrected chi connectivity index (χ4v) is 4.80. The van der Waals surface area contributed by atoms with E-state index in [1.54, 1.807) is 30.9 Å². The Hall–Kier alpha value is -1.46. The van der Waals surface area contributed by atoms with Crippen LogP contribution in [0.1, 0.15) is 58.8 Å². The average Bonchev–Trinajstić information content (AvgIpc) is 3.47. The highest BCUT2D eigenvalue weighted by Crippen LogP contribution is 2.42. The molecule has 2 aliphatic carbocycles. The molecule has 2 aliphatic rings. The minimum atomic E-state index is -0.242. The molecule has 1 aromatic carbocycles. The summed E-state index contributed by atoms with van der Waals surface area (Å²) in [6.45, 7) is 1.93. The van der Waals surface area contributed by atoms with Gasteiger partial charge < -0.3 is 0 Å². The maximum atomic E-state index is 13.2. The van der Waals surface area contributed by atoms with E-state index < -0.39 is 0 Å². The molecule has 4 nitrogen and oxygen atoms in total. The third-order valence-corrected chi connectivity index (χ3v) is 6.93. The lowest BCUT2D eigenvalue weighted by Crippen LogP contribution is -2.20. The summed E-state index contributed by atoms with van der Waals surface area (Å²) in [5, 5.41) is 3.76. The number of rotatable bonds is 6. The molecule has 0 amide bonds. The first-order valence-corrected chi connectivity index (χ1v) is 10.1. The molecule has 2 aromatic rings. The topological polar surface area (TPSA) is 54.9 Å². The number of carbonyl (C=O) groups is 1. The molecule has 25 heavy (non-hydrogen) atoms. The Morgan fingerprint density at radius 3 is 2.68 bits per heavy atom. The summed E-state index contributed by atoms with van der Waals surface area (Å²) in [5.41, 5.74) is 2.32. The zero-order valence-electron chi connectivity index (χ0n) is 14.4. The molecule has 1 aromatic heterocycles. The zero-order valence-corrected chi connectivity index (χ0v) is 16.0. The lowest BCUT2D eigenvalue weighted by Gasteiger charge is -2.12. The van der Waals surface area contributed by atoms with E-state index in [2.05, 4.69) is 5.10 Å². The highest BCUT2D eigenvalue weighted by Gasteiger charge is 2.33. The molecule has 0 unspecified atom stereocenters. The number of aromatic amines is 1. The van der Waals surface area contributed by atoms with Gasteiger partial charge in [-0.2, -0.15) is 0 Å². The predicted octanol–water partition coefficient (Wildman–Crippen LogP) is 4.29. The van der Waals surface area contributed by atoms with Gasteiger partial charge in [0.2, 0.25) is 5.78 Å². The van der Waals surface area contributed by atoms with Crippen molar-refractivity contribution in [2.45, 2.75) is 43.4 Å². The van der Waals surface area contributed by atoms with Crippen molar-refractivity contribution in [3.05, 3.63) is 49.9 Å². The van der Waals surface area contributed by atoms with Gasteiger partial charge in [-0.1, -0.05) is 11.6 Å². The Labute approximate surface area is 155 Å². The number of ketones is 1. The number of aryl methyl sites for hydroxylation is 1. The molecule has 0 saturated heterocycles. The molecule has 1 N–H and O–H groups in total. The maximum Gasteiger partial charge on any atom is 0.277 e. The molecule has 6 heteroatoms. The summed E-state index contributed by atoms with van der Waals surface area (Å²) in [6, 6.07) is 3.54. The van der Waals surface area contributed by atoms with Gasteiger partial charge in [-0.15, -0.1) is 11.8 Å². The van der Waals surface area contributed by atoms with E-state index in [9.17, 15) is 9.59 Å². The molecule has 4 rings (SSSR count). The molecule has 0 aliphatic heterocycles. The fourth-order valence-electron chi connectivity index (χ4n) is 3.16. The number of carbonyl (C=O) groups excluding carboxylic acids is 1. The van der Waals surface area contributed by atoms with E-state index in [0.29, 0.717) is 22.1 Å². The molecule has 2 fully saturated rings. The summed E-state index contributed by atoms with van der Waals surface area (Å²) < 4.78 is 1.41. The number of aromatic nitrogens is 2. The van der Waals surface area contributed by atoms with Gasteiger partial charge in [-0.3, -0.25) is 19.4 Å². The van der Waals surface area contributed by atoms with Gasteiger partial charge in [0, 0.05) is 29.2 Å². The monoisotopic (exact) mass is 376 g/mol. The van der Waals surface area contributed by atoms with Crippen molar-refractivity contribution >= 4 is 29.1 Å². The predicted molar refractivity (Wildman–Crippen MR) is 101 cm³/mol. The molecule has 1 heterocycles. The normalized spacial score (nSPS) is 17.1. The van der Waals surface area contributed by atoms with Crippen LogP contribution in [-0.4, -0.2) is 21.3 Å². The molecule has 0 spiro atoms. The van der Waals surface area contributed by atoms with Crippen molar-refractivity contribution in [2.24, 2.45) is 13.0 Å². The molecular weight excluding hydrogens is 356 g/mol. The molecule has 0 radical (unpaired) electrons. The highest BCUT2D eigenvalue weighted by atomic mass is 35.5. The van der Waals surface area contributed by atoms with Crippen molar-refractivity contribution in [2.75, 3.05) is 5.75 Å². The average molecular weight is 377 g/mol. The van der Waals surface area contributed by atoms with E-state index in [4.69, 9.17) is 11.6 Å². The van der Waals surface area contributed by atoms with E-state index in [0.717, 1.165) is 40.7 Å². The van der Waals surface area contributed by atoms with Gasteiger partial charge in [0.05, 0.1) is 10.7 Å². The van der Waals surface area contributed by atoms with E-state index in [1.807, 2.05) is 6.92 Å². The fraction of sp³-hybridized carbons (Fsp3) is 0.474. The first kappa shape index (κ1) is 17.0. The Bertz CT molecular complexity index is 907. The lowest BCUT2D eigenvalue weighted by molar-refractivity contribution is 0.103. The van der Waals surface area contributed by atoms with Crippen LogP contribution in [0.15, 0.2) is 21.8 Å². The van der Waals surface area contributed by atoms with Gasteiger partial charge in [0.15, 0.2) is 0 Å². The van der Waals surface area contributed by atoms with Crippen molar-refractivity contribution in [1.29, 1.82) is 0 Å². The summed E-state index contributed by atoms with van der Waals surface area (Å²) in [5.74, 6) is 1.94. The van der Waals surface area contributed by atoms with Crippen LogP contribution in [0.5, 0.6) is 0 Å². The number of hydrogen-bond donors (Lipinski definition) is 1. The van der Waals surface area contributed by atoms with E-state index >= 15 is 0 Å². The molecule has 132 valence electrons. The van der Waals surface area contributed by atoms with Gasteiger partial charge >= 0.3 is 0 Å². The van der Waals surface area contributed by atoms with Crippen LogP contribution in [0.3, 0.4) is 0 Å². The smallest absolute Gasteiger partial charge is 0.277 e. The van der Waals surface area contributed by atoms with Gasteiger partial charge in [-0.05, 0) is 56.2 Å². The van der Waals surface area contributed by atoms with Crippen molar-refractivity contribution in [3.8, 4) is 0 Å². The Balaban J connectivity index is 1.73. The van der Waals surface area contributed by atoms with E-state index in [-0.39, 0.29) is 11.3 Å². The summed E-state index contributed by atoms with van der Waals surface area (Å²) in [4.78, 5) is 26.7. The molecule has 0 atom stereocenters. The number of nitrogens with one attached hydrogen (secondary N) is 1. The van der Waals surface area contributed by atoms with Crippen LogP contribution < -0.4 is 5.56 Å².